The van der Waals surface area contributed by atoms with Crippen LogP contribution in [0.1, 0.15) is 19.8 Å². The summed E-state index contributed by atoms with van der Waals surface area (Å²) in [6.45, 7) is 4.92. The predicted molar refractivity (Wildman–Crippen MR) is 73.8 cm³/mol. The van der Waals surface area contributed by atoms with Crippen molar-refractivity contribution >= 4 is 17.4 Å². The van der Waals surface area contributed by atoms with Gasteiger partial charge >= 0.3 is 0 Å². The van der Waals surface area contributed by atoms with Crippen LogP contribution in [0.3, 0.4) is 0 Å². The Bertz CT molecular complexity index is 364. The summed E-state index contributed by atoms with van der Waals surface area (Å²) in [5, 5.41) is 4.05. The summed E-state index contributed by atoms with van der Waals surface area (Å²) in [7, 11) is 0. The molecular formula is C13H20N2OS. The van der Waals surface area contributed by atoms with Crippen molar-refractivity contribution in [1.82, 2.24) is 5.32 Å². The van der Waals surface area contributed by atoms with E-state index in [9.17, 15) is 0 Å². The Morgan fingerprint density at radius 2 is 2.18 bits per heavy atom. The molecule has 0 bridgehead atoms. The number of thioether (sulfide) groups is 1. The molecule has 1 fully saturated rings. The van der Waals surface area contributed by atoms with Crippen LogP contribution >= 0.6 is 11.8 Å². The lowest BCUT2D eigenvalue weighted by Crippen LogP contribution is -2.29. The average Bonchev–Trinajstić information content (AvgIpc) is 2.35. The quantitative estimate of drug-likeness (QED) is 0.808. The van der Waals surface area contributed by atoms with Crippen molar-refractivity contribution in [2.24, 2.45) is 0 Å². The van der Waals surface area contributed by atoms with Gasteiger partial charge in [-0.2, -0.15) is 0 Å². The molecule has 2 rings (SSSR count). The van der Waals surface area contributed by atoms with Crippen molar-refractivity contribution in [2.45, 2.75) is 29.9 Å². The molecule has 1 aromatic carbocycles. The van der Waals surface area contributed by atoms with Crippen LogP contribution in [-0.2, 0) is 0 Å². The molecule has 1 saturated heterocycles. The Hall–Kier alpha value is -0.870. The molecule has 3 N–H and O–H groups in total. The summed E-state index contributed by atoms with van der Waals surface area (Å²) in [5.74, 6) is 0.915. The number of hydrogen-bond acceptors (Lipinski definition) is 4. The zero-order valence-corrected chi connectivity index (χ0v) is 11.1. The second-order valence-electron chi connectivity index (χ2n) is 4.20. The normalized spacial score (nSPS) is 17.0. The molecule has 1 aromatic rings. The van der Waals surface area contributed by atoms with Crippen LogP contribution in [0.4, 0.5) is 5.69 Å². The highest BCUT2D eigenvalue weighted by Gasteiger charge is 2.15. The van der Waals surface area contributed by atoms with Gasteiger partial charge in [0.25, 0.3) is 0 Å². The van der Waals surface area contributed by atoms with Crippen molar-refractivity contribution in [3.63, 3.8) is 0 Å². The summed E-state index contributed by atoms with van der Waals surface area (Å²) in [6, 6.07) is 5.94. The Kier molecular flexibility index (Phi) is 4.57. The monoisotopic (exact) mass is 252 g/mol. The van der Waals surface area contributed by atoms with Crippen molar-refractivity contribution in [3.8, 4) is 5.75 Å². The Morgan fingerprint density at radius 1 is 1.41 bits per heavy atom. The number of piperidine rings is 1. The largest absolute Gasteiger partial charge is 0.494 e. The number of nitrogen functional groups attached to an aromatic ring is 1. The molecule has 4 heteroatoms. The second kappa shape index (κ2) is 6.17. The molecule has 94 valence electrons. The van der Waals surface area contributed by atoms with E-state index in [0.29, 0.717) is 11.9 Å². The third-order valence-corrected chi connectivity index (χ3v) is 4.29. The first-order chi connectivity index (χ1) is 8.29. The van der Waals surface area contributed by atoms with Gasteiger partial charge in [-0.05, 0) is 51.1 Å². The summed E-state index contributed by atoms with van der Waals surface area (Å²) >= 11 is 1.89. The van der Waals surface area contributed by atoms with Crippen LogP contribution in [0.5, 0.6) is 5.75 Å². The molecular weight excluding hydrogens is 232 g/mol. The highest BCUT2D eigenvalue weighted by molar-refractivity contribution is 8.00. The first kappa shape index (κ1) is 12.6. The van der Waals surface area contributed by atoms with E-state index in [0.717, 1.165) is 29.4 Å². The Labute approximate surface area is 107 Å². The molecule has 1 aliphatic rings. The maximum atomic E-state index is 6.01. The summed E-state index contributed by atoms with van der Waals surface area (Å²) in [6.07, 6.45) is 2.42. The van der Waals surface area contributed by atoms with Crippen molar-refractivity contribution < 1.29 is 4.74 Å². The highest BCUT2D eigenvalue weighted by Crippen LogP contribution is 2.35. The zero-order valence-electron chi connectivity index (χ0n) is 10.2. The second-order valence-corrected chi connectivity index (χ2v) is 5.54. The lowest BCUT2D eigenvalue weighted by Gasteiger charge is -2.22. The van der Waals surface area contributed by atoms with Crippen LogP contribution in [-0.4, -0.2) is 24.9 Å². The van der Waals surface area contributed by atoms with Crippen molar-refractivity contribution in [2.75, 3.05) is 25.4 Å². The molecule has 0 saturated carbocycles. The van der Waals surface area contributed by atoms with Crippen LogP contribution < -0.4 is 15.8 Å². The van der Waals surface area contributed by atoms with Gasteiger partial charge in [-0.15, -0.1) is 11.8 Å². The number of rotatable bonds is 4. The molecule has 0 spiro atoms. The third kappa shape index (κ3) is 3.54. The number of ether oxygens (including phenoxy) is 1. The van der Waals surface area contributed by atoms with E-state index in [1.807, 2.05) is 30.8 Å². The topological polar surface area (TPSA) is 47.3 Å². The van der Waals surface area contributed by atoms with Crippen LogP contribution in [0.2, 0.25) is 0 Å². The third-order valence-electron chi connectivity index (χ3n) is 2.88. The van der Waals surface area contributed by atoms with Gasteiger partial charge in [-0.3, -0.25) is 0 Å². The van der Waals surface area contributed by atoms with Gasteiger partial charge in [-0.1, -0.05) is 0 Å². The van der Waals surface area contributed by atoms with Gasteiger partial charge in [-0.25, -0.2) is 0 Å². The minimum atomic E-state index is 0.676. The SMILES string of the molecule is CCOc1ccc(N)c(SC2CCNCC2)c1. The van der Waals surface area contributed by atoms with Crippen LogP contribution in [0.15, 0.2) is 23.1 Å². The minimum Gasteiger partial charge on any atom is -0.494 e. The van der Waals surface area contributed by atoms with Crippen LogP contribution in [0, 0.1) is 0 Å². The molecule has 1 heterocycles. The molecule has 0 unspecified atom stereocenters. The van der Waals surface area contributed by atoms with Crippen molar-refractivity contribution in [1.29, 1.82) is 0 Å². The fourth-order valence-corrected chi connectivity index (χ4v) is 3.18. The number of hydrogen-bond donors (Lipinski definition) is 2. The lowest BCUT2D eigenvalue weighted by molar-refractivity contribution is 0.339. The Morgan fingerprint density at radius 3 is 2.88 bits per heavy atom. The smallest absolute Gasteiger partial charge is 0.120 e. The number of anilines is 1. The van der Waals surface area contributed by atoms with E-state index in [-0.39, 0.29) is 0 Å². The molecule has 0 atom stereocenters. The van der Waals surface area contributed by atoms with Gasteiger partial charge in [0, 0.05) is 15.8 Å². The summed E-state index contributed by atoms with van der Waals surface area (Å²) in [4.78, 5) is 1.16. The standard InChI is InChI=1S/C13H20N2OS/c1-2-16-10-3-4-12(14)13(9-10)17-11-5-7-15-8-6-11/h3-4,9,11,15H,2,5-8,14H2,1H3. The van der Waals surface area contributed by atoms with Crippen LogP contribution in [0.25, 0.3) is 0 Å². The maximum absolute atomic E-state index is 6.01. The maximum Gasteiger partial charge on any atom is 0.120 e. The van der Waals surface area contributed by atoms with E-state index in [4.69, 9.17) is 10.5 Å². The highest BCUT2D eigenvalue weighted by atomic mass is 32.2. The molecule has 17 heavy (non-hydrogen) atoms. The minimum absolute atomic E-state index is 0.676. The first-order valence-electron chi connectivity index (χ1n) is 6.19. The molecule has 0 aromatic heterocycles. The summed E-state index contributed by atoms with van der Waals surface area (Å²) < 4.78 is 5.51. The molecule has 0 radical (unpaired) electrons. The Balaban J connectivity index is 2.04. The van der Waals surface area contributed by atoms with Gasteiger partial charge in [0.15, 0.2) is 0 Å². The number of nitrogens with one attached hydrogen (secondary N) is 1. The fourth-order valence-electron chi connectivity index (χ4n) is 1.97. The first-order valence-corrected chi connectivity index (χ1v) is 7.07. The lowest BCUT2D eigenvalue weighted by atomic mass is 10.2. The molecule has 0 aliphatic carbocycles. The van der Waals surface area contributed by atoms with E-state index >= 15 is 0 Å². The fraction of sp³-hybridized carbons (Fsp3) is 0.538. The molecule has 0 amide bonds. The summed E-state index contributed by atoms with van der Waals surface area (Å²) in [5.41, 5.74) is 6.87. The van der Waals surface area contributed by atoms with Gasteiger partial charge in [0.2, 0.25) is 0 Å². The number of nitrogens with two attached hydrogens (primary N) is 1. The predicted octanol–water partition coefficient (Wildman–Crippen LogP) is 2.51. The van der Waals surface area contributed by atoms with E-state index < -0.39 is 0 Å². The molecule has 1 aliphatic heterocycles. The molecule has 3 nitrogen and oxygen atoms in total. The zero-order chi connectivity index (χ0) is 12.1. The van der Waals surface area contributed by atoms with Gasteiger partial charge in [0.05, 0.1) is 6.61 Å². The number of benzene rings is 1. The van der Waals surface area contributed by atoms with E-state index in [1.54, 1.807) is 0 Å². The van der Waals surface area contributed by atoms with Crippen molar-refractivity contribution in [3.05, 3.63) is 18.2 Å². The van der Waals surface area contributed by atoms with E-state index in [2.05, 4.69) is 11.4 Å². The average molecular weight is 252 g/mol. The van der Waals surface area contributed by atoms with Gasteiger partial charge in [0.1, 0.15) is 5.75 Å². The van der Waals surface area contributed by atoms with Gasteiger partial charge < -0.3 is 15.8 Å². The van der Waals surface area contributed by atoms with E-state index in [1.165, 1.54) is 12.8 Å².